The molecule has 0 N–H and O–H groups in total. The average molecular weight is 554 g/mol. The Balaban J connectivity index is 1.59. The lowest BCUT2D eigenvalue weighted by molar-refractivity contribution is -0.132. The molecule has 210 valence electrons. The third-order valence-corrected chi connectivity index (χ3v) is 9.23. The van der Waals surface area contributed by atoms with E-state index in [0.29, 0.717) is 49.6 Å². The van der Waals surface area contributed by atoms with Gasteiger partial charge in [-0.2, -0.15) is 4.31 Å². The summed E-state index contributed by atoms with van der Waals surface area (Å²) in [6.45, 7) is 9.55. The molecule has 1 fully saturated rings. The Labute approximate surface area is 232 Å². The largest absolute Gasteiger partial charge is 0.467 e. The molecule has 9 heteroatoms. The van der Waals surface area contributed by atoms with Crippen LogP contribution >= 0.6 is 0 Å². The summed E-state index contributed by atoms with van der Waals surface area (Å²) in [5.41, 5.74) is 3.49. The maximum atomic E-state index is 14.1. The van der Waals surface area contributed by atoms with Gasteiger partial charge in [0.15, 0.2) is 0 Å². The van der Waals surface area contributed by atoms with Crippen molar-refractivity contribution in [3.8, 4) is 0 Å². The van der Waals surface area contributed by atoms with E-state index >= 15 is 0 Å². The second kappa shape index (κ2) is 13.4. The molecular weight excluding hydrogens is 514 g/mol. The van der Waals surface area contributed by atoms with Crippen molar-refractivity contribution < 1.29 is 22.4 Å². The molecule has 1 aliphatic rings. The van der Waals surface area contributed by atoms with Crippen LogP contribution in [-0.4, -0.2) is 80.9 Å². The minimum absolute atomic E-state index is 0.216. The summed E-state index contributed by atoms with van der Waals surface area (Å²) in [6, 6.07) is 17.3. The van der Waals surface area contributed by atoms with Gasteiger partial charge in [0.25, 0.3) is 0 Å². The fourth-order valence-electron chi connectivity index (χ4n) is 5.11. The third kappa shape index (κ3) is 7.79. The Hall–Kier alpha value is -2.98. The van der Waals surface area contributed by atoms with Gasteiger partial charge in [-0.15, -0.1) is 0 Å². The van der Waals surface area contributed by atoms with Crippen LogP contribution in [0, 0.1) is 20.8 Å². The normalized spacial score (nSPS) is 14.6. The number of amides is 1. The fraction of sp³-hybridized carbons (Fsp3) is 0.433. The lowest BCUT2D eigenvalue weighted by Crippen LogP contribution is -2.47. The molecule has 0 saturated carbocycles. The molecule has 1 aromatic heterocycles. The smallest absolute Gasteiger partial charge is 0.244 e. The van der Waals surface area contributed by atoms with Crippen LogP contribution < -0.4 is 0 Å². The monoisotopic (exact) mass is 553 g/mol. The van der Waals surface area contributed by atoms with Gasteiger partial charge in [-0.25, -0.2) is 8.42 Å². The Morgan fingerprint density at radius 2 is 1.64 bits per heavy atom. The minimum atomic E-state index is -3.93. The van der Waals surface area contributed by atoms with Gasteiger partial charge in [-0.1, -0.05) is 48.0 Å². The van der Waals surface area contributed by atoms with Crippen molar-refractivity contribution in [3.63, 3.8) is 0 Å². The zero-order valence-electron chi connectivity index (χ0n) is 23.1. The summed E-state index contributed by atoms with van der Waals surface area (Å²) >= 11 is 0. The second-order valence-electron chi connectivity index (χ2n) is 10.2. The van der Waals surface area contributed by atoms with Crippen LogP contribution in [0.4, 0.5) is 0 Å². The predicted molar refractivity (Wildman–Crippen MR) is 151 cm³/mol. The van der Waals surface area contributed by atoms with Crippen molar-refractivity contribution in [2.75, 3.05) is 52.5 Å². The van der Waals surface area contributed by atoms with Crippen LogP contribution in [0.25, 0.3) is 0 Å². The number of furan rings is 1. The Kier molecular flexibility index (Phi) is 9.96. The van der Waals surface area contributed by atoms with Crippen LogP contribution in [0.1, 0.15) is 28.0 Å². The number of ether oxygens (including phenoxy) is 1. The maximum absolute atomic E-state index is 14.1. The first-order valence-electron chi connectivity index (χ1n) is 13.5. The number of hydrogen-bond acceptors (Lipinski definition) is 6. The van der Waals surface area contributed by atoms with E-state index in [1.54, 1.807) is 17.2 Å². The number of hydrogen-bond donors (Lipinski definition) is 0. The topological polar surface area (TPSA) is 83.3 Å². The van der Waals surface area contributed by atoms with Gasteiger partial charge in [-0.3, -0.25) is 9.69 Å². The van der Waals surface area contributed by atoms with Crippen LogP contribution in [-0.2, 0) is 32.5 Å². The molecule has 0 bridgehead atoms. The highest BCUT2D eigenvalue weighted by Crippen LogP contribution is 2.25. The number of carbonyl (C=O) groups is 1. The highest BCUT2D eigenvalue weighted by molar-refractivity contribution is 7.89. The third-order valence-electron chi connectivity index (χ3n) is 7.08. The molecule has 2 heterocycles. The zero-order chi connectivity index (χ0) is 27.8. The number of morpholine rings is 1. The number of benzene rings is 2. The Morgan fingerprint density at radius 1 is 0.949 bits per heavy atom. The van der Waals surface area contributed by atoms with Crippen LogP contribution in [0.15, 0.2) is 70.2 Å². The summed E-state index contributed by atoms with van der Waals surface area (Å²) < 4.78 is 40.6. The van der Waals surface area contributed by atoms with E-state index in [2.05, 4.69) is 4.90 Å². The summed E-state index contributed by atoms with van der Waals surface area (Å²) in [4.78, 5) is 18.0. The predicted octanol–water partition coefficient (Wildman–Crippen LogP) is 3.80. The first-order valence-corrected chi connectivity index (χ1v) is 14.9. The molecule has 1 saturated heterocycles. The second-order valence-corrected chi connectivity index (χ2v) is 12.0. The van der Waals surface area contributed by atoms with E-state index in [1.165, 1.54) is 4.31 Å². The molecule has 0 aliphatic carbocycles. The lowest BCUT2D eigenvalue weighted by Gasteiger charge is -2.31. The van der Waals surface area contributed by atoms with Gasteiger partial charge in [0.05, 0.1) is 37.5 Å². The van der Waals surface area contributed by atoms with E-state index < -0.39 is 10.0 Å². The minimum Gasteiger partial charge on any atom is -0.467 e. The van der Waals surface area contributed by atoms with E-state index in [1.807, 2.05) is 69.3 Å². The van der Waals surface area contributed by atoms with E-state index in [-0.39, 0.29) is 30.4 Å². The molecular formula is C30H39N3O5S. The fourth-order valence-corrected chi connectivity index (χ4v) is 6.90. The van der Waals surface area contributed by atoms with Gasteiger partial charge < -0.3 is 14.1 Å². The van der Waals surface area contributed by atoms with Crippen LogP contribution in [0.3, 0.4) is 0 Å². The molecule has 39 heavy (non-hydrogen) atoms. The van der Waals surface area contributed by atoms with Crippen molar-refractivity contribution in [3.05, 3.63) is 88.9 Å². The molecule has 4 rings (SSSR count). The molecule has 0 unspecified atom stereocenters. The lowest BCUT2D eigenvalue weighted by atomic mass is 10.1. The molecule has 8 nitrogen and oxygen atoms in total. The molecule has 0 spiro atoms. The Morgan fingerprint density at radius 3 is 2.28 bits per heavy atom. The van der Waals surface area contributed by atoms with Gasteiger partial charge in [0.1, 0.15) is 5.76 Å². The van der Waals surface area contributed by atoms with Gasteiger partial charge >= 0.3 is 0 Å². The number of aryl methyl sites for hydroxylation is 3. The highest BCUT2D eigenvalue weighted by Gasteiger charge is 2.31. The summed E-state index contributed by atoms with van der Waals surface area (Å²) in [6.07, 6.45) is 2.24. The molecule has 1 aliphatic heterocycles. The standard InChI is InChI=1S/C30H39N3O5S/c1-24-20-25(2)30(26(3)21-24)39(35,36)33(14-13-31-15-18-37-19-16-31)23-29(34)32(22-28-10-7-17-38-28)12-11-27-8-5-4-6-9-27/h4-10,17,20-21H,11-16,18-19,22-23H2,1-3H3. The van der Waals surface area contributed by atoms with Crippen molar-refractivity contribution in [1.82, 2.24) is 14.1 Å². The summed E-state index contributed by atoms with van der Waals surface area (Å²) in [5.74, 6) is 0.402. The van der Waals surface area contributed by atoms with Gasteiger partial charge in [0.2, 0.25) is 15.9 Å². The molecule has 3 aromatic rings. The SMILES string of the molecule is Cc1cc(C)c(S(=O)(=O)N(CCN2CCOCC2)CC(=O)N(CCc2ccccc2)Cc2ccco2)c(C)c1. The highest BCUT2D eigenvalue weighted by atomic mass is 32.2. The summed E-state index contributed by atoms with van der Waals surface area (Å²) in [7, 11) is -3.93. The maximum Gasteiger partial charge on any atom is 0.244 e. The zero-order valence-corrected chi connectivity index (χ0v) is 24.0. The first-order chi connectivity index (χ1) is 18.7. The van der Waals surface area contributed by atoms with Crippen LogP contribution in [0.2, 0.25) is 0 Å². The molecule has 1 amide bonds. The Bertz CT molecular complexity index is 1300. The molecule has 2 aromatic carbocycles. The van der Waals surface area contributed by atoms with Crippen molar-refractivity contribution in [2.24, 2.45) is 0 Å². The van der Waals surface area contributed by atoms with E-state index in [9.17, 15) is 13.2 Å². The summed E-state index contributed by atoms with van der Waals surface area (Å²) in [5, 5.41) is 0. The van der Waals surface area contributed by atoms with Crippen LogP contribution in [0.5, 0.6) is 0 Å². The van der Waals surface area contributed by atoms with Gasteiger partial charge in [-0.05, 0) is 56.0 Å². The molecule has 0 radical (unpaired) electrons. The van der Waals surface area contributed by atoms with E-state index in [4.69, 9.17) is 9.15 Å². The van der Waals surface area contributed by atoms with E-state index in [0.717, 1.165) is 24.2 Å². The van der Waals surface area contributed by atoms with Crippen molar-refractivity contribution in [2.45, 2.75) is 38.6 Å². The van der Waals surface area contributed by atoms with Gasteiger partial charge in [0, 0.05) is 32.7 Å². The van der Waals surface area contributed by atoms with Crippen molar-refractivity contribution >= 4 is 15.9 Å². The number of carbonyl (C=O) groups excluding carboxylic acids is 1. The number of rotatable bonds is 12. The number of sulfonamides is 1. The number of nitrogens with zero attached hydrogens (tertiary/aromatic N) is 3. The quantitative estimate of drug-likeness (QED) is 0.339. The van der Waals surface area contributed by atoms with Crippen molar-refractivity contribution in [1.29, 1.82) is 0 Å². The first kappa shape index (κ1) is 29.0. The molecule has 0 atom stereocenters. The average Bonchev–Trinajstić information content (AvgIpc) is 3.42.